The fraction of sp³-hybridized carbons (Fsp3) is 0. The molecule has 0 amide bonds. The van der Waals surface area contributed by atoms with Gasteiger partial charge in [0.15, 0.2) is 0 Å². The van der Waals surface area contributed by atoms with Gasteiger partial charge in [-0.2, -0.15) is 0 Å². The molecular weight excluding hydrogens is 542 g/mol. The lowest BCUT2D eigenvalue weighted by molar-refractivity contribution is 1.52. The molecule has 1 heteroatoms. The van der Waals surface area contributed by atoms with Crippen molar-refractivity contribution >= 4 is 32.9 Å². The maximum Gasteiger partial charge on any atom is 0.0390 e. The van der Waals surface area contributed by atoms with E-state index in [1.807, 2.05) is 0 Å². The molecular formula is C44H31N. The van der Waals surface area contributed by atoms with Crippen molar-refractivity contribution in [3.05, 3.63) is 182 Å². The maximum atomic E-state index is 3.66. The SMILES string of the molecule is c1ccc(-c2ccc(Nc3ccc(-c4ccc5ccccc5c4)cc3)cc2-c2ccc(-c3ccc4ccccc4c3)cc2)cc1. The van der Waals surface area contributed by atoms with Gasteiger partial charge in [-0.05, 0) is 102 Å². The molecule has 0 unspecified atom stereocenters. The molecule has 0 atom stereocenters. The minimum absolute atomic E-state index is 1.06. The zero-order valence-electron chi connectivity index (χ0n) is 24.8. The van der Waals surface area contributed by atoms with Crippen LogP contribution in [0.25, 0.3) is 66.1 Å². The van der Waals surface area contributed by atoms with Gasteiger partial charge in [-0.25, -0.2) is 0 Å². The molecule has 0 aromatic heterocycles. The van der Waals surface area contributed by atoms with Crippen molar-refractivity contribution in [3.8, 4) is 44.5 Å². The number of benzene rings is 8. The molecule has 1 nitrogen and oxygen atoms in total. The first kappa shape index (κ1) is 26.7. The van der Waals surface area contributed by atoms with Crippen LogP contribution in [-0.2, 0) is 0 Å². The zero-order chi connectivity index (χ0) is 30.0. The topological polar surface area (TPSA) is 12.0 Å². The molecule has 0 fully saturated rings. The second-order valence-electron chi connectivity index (χ2n) is 11.5. The van der Waals surface area contributed by atoms with E-state index in [4.69, 9.17) is 0 Å². The highest BCUT2D eigenvalue weighted by Crippen LogP contribution is 2.37. The van der Waals surface area contributed by atoms with Crippen LogP contribution in [0.3, 0.4) is 0 Å². The highest BCUT2D eigenvalue weighted by atomic mass is 14.9. The predicted molar refractivity (Wildman–Crippen MR) is 193 cm³/mol. The van der Waals surface area contributed by atoms with Gasteiger partial charge >= 0.3 is 0 Å². The molecule has 0 spiro atoms. The molecule has 0 heterocycles. The first-order valence-corrected chi connectivity index (χ1v) is 15.4. The average molecular weight is 574 g/mol. The van der Waals surface area contributed by atoms with Crippen LogP contribution in [-0.4, -0.2) is 0 Å². The first-order chi connectivity index (χ1) is 22.3. The summed E-state index contributed by atoms with van der Waals surface area (Å²) in [4.78, 5) is 0. The summed E-state index contributed by atoms with van der Waals surface area (Å²) in [5.74, 6) is 0. The average Bonchev–Trinajstić information content (AvgIpc) is 3.12. The van der Waals surface area contributed by atoms with Crippen LogP contribution in [0, 0.1) is 0 Å². The molecule has 0 aliphatic carbocycles. The van der Waals surface area contributed by atoms with E-state index < -0.39 is 0 Å². The third-order valence-corrected chi connectivity index (χ3v) is 8.64. The van der Waals surface area contributed by atoms with Crippen molar-refractivity contribution < 1.29 is 0 Å². The summed E-state index contributed by atoms with van der Waals surface area (Å²) in [6.07, 6.45) is 0. The highest BCUT2D eigenvalue weighted by Gasteiger charge is 2.11. The van der Waals surface area contributed by atoms with Crippen LogP contribution in [0.2, 0.25) is 0 Å². The summed E-state index contributed by atoms with van der Waals surface area (Å²) in [7, 11) is 0. The Labute approximate surface area is 264 Å². The Morgan fingerprint density at radius 1 is 0.244 bits per heavy atom. The summed E-state index contributed by atoms with van der Waals surface area (Å²) in [6, 6.07) is 65.3. The van der Waals surface area contributed by atoms with Gasteiger partial charge in [-0.15, -0.1) is 0 Å². The van der Waals surface area contributed by atoms with Crippen molar-refractivity contribution in [1.82, 2.24) is 0 Å². The Balaban J connectivity index is 1.10. The largest absolute Gasteiger partial charge is 0.356 e. The Kier molecular flexibility index (Phi) is 6.90. The fourth-order valence-corrected chi connectivity index (χ4v) is 6.22. The molecule has 45 heavy (non-hydrogen) atoms. The fourth-order valence-electron chi connectivity index (χ4n) is 6.22. The summed E-state index contributed by atoms with van der Waals surface area (Å²) in [5.41, 5.74) is 11.8. The van der Waals surface area contributed by atoms with Gasteiger partial charge in [0, 0.05) is 11.4 Å². The minimum Gasteiger partial charge on any atom is -0.356 e. The number of anilines is 2. The van der Waals surface area contributed by atoms with Crippen molar-refractivity contribution in [2.45, 2.75) is 0 Å². The van der Waals surface area contributed by atoms with Crippen LogP contribution < -0.4 is 5.32 Å². The quantitative estimate of drug-likeness (QED) is 0.209. The normalized spacial score (nSPS) is 11.1. The predicted octanol–water partition coefficient (Wildman–Crippen LogP) is 12.4. The molecule has 0 bridgehead atoms. The van der Waals surface area contributed by atoms with E-state index in [0.29, 0.717) is 0 Å². The lowest BCUT2D eigenvalue weighted by atomic mass is 9.92. The van der Waals surface area contributed by atoms with Crippen molar-refractivity contribution in [2.24, 2.45) is 0 Å². The van der Waals surface area contributed by atoms with E-state index in [-0.39, 0.29) is 0 Å². The first-order valence-electron chi connectivity index (χ1n) is 15.4. The van der Waals surface area contributed by atoms with Gasteiger partial charge in [0.05, 0.1) is 0 Å². The second kappa shape index (κ2) is 11.6. The molecule has 8 aromatic rings. The van der Waals surface area contributed by atoms with E-state index >= 15 is 0 Å². The van der Waals surface area contributed by atoms with Crippen molar-refractivity contribution in [3.63, 3.8) is 0 Å². The van der Waals surface area contributed by atoms with Crippen molar-refractivity contribution in [2.75, 3.05) is 5.32 Å². The second-order valence-corrected chi connectivity index (χ2v) is 11.5. The summed E-state index contributed by atoms with van der Waals surface area (Å²) in [5, 5.41) is 8.70. The third kappa shape index (κ3) is 5.48. The lowest BCUT2D eigenvalue weighted by Gasteiger charge is -2.15. The molecule has 212 valence electrons. The molecule has 0 aliphatic heterocycles. The Morgan fingerprint density at radius 2 is 0.689 bits per heavy atom. The number of hydrogen-bond acceptors (Lipinski definition) is 1. The monoisotopic (exact) mass is 573 g/mol. The van der Waals surface area contributed by atoms with Gasteiger partial charge in [-0.3, -0.25) is 0 Å². The van der Waals surface area contributed by atoms with Gasteiger partial charge in [0.25, 0.3) is 0 Å². The van der Waals surface area contributed by atoms with E-state index in [9.17, 15) is 0 Å². The standard InChI is InChI=1S/C44H31N/c1-2-10-35(11-3-1)43-27-26-42(45-41-24-22-34(23-25-41)40-21-17-32-9-5-7-13-38(32)29-40)30-44(43)36-18-14-33(15-19-36)39-20-16-31-8-4-6-12-37(31)28-39/h1-30,45H. The molecule has 0 radical (unpaired) electrons. The number of rotatable bonds is 6. The van der Waals surface area contributed by atoms with E-state index in [1.165, 1.54) is 66.1 Å². The summed E-state index contributed by atoms with van der Waals surface area (Å²) < 4.78 is 0. The van der Waals surface area contributed by atoms with E-state index in [2.05, 4.69) is 187 Å². The summed E-state index contributed by atoms with van der Waals surface area (Å²) >= 11 is 0. The maximum absolute atomic E-state index is 3.66. The smallest absolute Gasteiger partial charge is 0.0390 e. The number of hydrogen-bond donors (Lipinski definition) is 1. The Morgan fingerprint density at radius 3 is 1.29 bits per heavy atom. The van der Waals surface area contributed by atoms with Gasteiger partial charge in [0.2, 0.25) is 0 Å². The van der Waals surface area contributed by atoms with Crippen LogP contribution in [0.4, 0.5) is 11.4 Å². The van der Waals surface area contributed by atoms with Crippen LogP contribution in [0.1, 0.15) is 0 Å². The number of fused-ring (bicyclic) bond motifs is 2. The molecule has 0 saturated carbocycles. The van der Waals surface area contributed by atoms with Crippen molar-refractivity contribution in [1.29, 1.82) is 0 Å². The van der Waals surface area contributed by atoms with Crippen LogP contribution in [0.5, 0.6) is 0 Å². The highest BCUT2D eigenvalue weighted by molar-refractivity contribution is 5.90. The Bertz CT molecular complexity index is 2260. The third-order valence-electron chi connectivity index (χ3n) is 8.64. The van der Waals surface area contributed by atoms with Crippen LogP contribution in [0.15, 0.2) is 182 Å². The molecule has 8 aromatic carbocycles. The molecule has 0 aliphatic rings. The molecule has 0 saturated heterocycles. The van der Waals surface area contributed by atoms with E-state index in [0.717, 1.165) is 11.4 Å². The molecule has 8 rings (SSSR count). The zero-order valence-corrected chi connectivity index (χ0v) is 24.8. The molecule has 1 N–H and O–H groups in total. The van der Waals surface area contributed by atoms with Crippen LogP contribution >= 0.6 is 0 Å². The van der Waals surface area contributed by atoms with E-state index in [1.54, 1.807) is 0 Å². The van der Waals surface area contributed by atoms with Gasteiger partial charge < -0.3 is 5.32 Å². The van der Waals surface area contributed by atoms with Gasteiger partial charge in [-0.1, -0.05) is 146 Å². The Hall–Kier alpha value is -5.92. The summed E-state index contributed by atoms with van der Waals surface area (Å²) in [6.45, 7) is 0. The van der Waals surface area contributed by atoms with Gasteiger partial charge in [0.1, 0.15) is 0 Å². The minimum atomic E-state index is 1.06. The lowest BCUT2D eigenvalue weighted by Crippen LogP contribution is -1.93. The number of nitrogens with one attached hydrogen (secondary N) is 1.